The summed E-state index contributed by atoms with van der Waals surface area (Å²) >= 11 is 11.7. The van der Waals surface area contributed by atoms with Crippen molar-refractivity contribution in [3.63, 3.8) is 0 Å². The van der Waals surface area contributed by atoms with Crippen molar-refractivity contribution >= 4 is 40.5 Å². The number of nitrogens with one attached hydrogen (secondary N) is 1. The van der Waals surface area contributed by atoms with Gasteiger partial charge in [0.2, 0.25) is 5.91 Å². The van der Waals surface area contributed by atoms with Crippen LogP contribution in [0.4, 0.5) is 11.4 Å². The van der Waals surface area contributed by atoms with E-state index >= 15 is 0 Å². The van der Waals surface area contributed by atoms with Crippen LogP contribution in [0.15, 0.2) is 12.1 Å². The van der Waals surface area contributed by atoms with Crippen LogP contribution in [-0.2, 0) is 4.79 Å². The van der Waals surface area contributed by atoms with E-state index in [1.807, 2.05) is 0 Å². The fourth-order valence-corrected chi connectivity index (χ4v) is 1.70. The summed E-state index contributed by atoms with van der Waals surface area (Å²) in [5, 5.41) is 3.92. The molecule has 0 atom stereocenters. The quantitative estimate of drug-likeness (QED) is 0.743. The first-order chi connectivity index (χ1) is 6.59. The molecule has 1 N–H and O–H groups in total. The first kappa shape index (κ1) is 9.62. The number of anilines is 2. The van der Waals surface area contributed by atoms with E-state index in [9.17, 15) is 4.79 Å². The fraction of sp³-hybridized carbons (Fsp3) is 0.222. The molecule has 1 aliphatic heterocycles. The molecule has 0 unspecified atom stereocenters. The molecule has 5 heteroatoms. The largest absolute Gasteiger partial charge is 0.374 e. The third-order valence-electron chi connectivity index (χ3n) is 2.20. The number of hydrogen-bond acceptors (Lipinski definition) is 2. The Morgan fingerprint density at radius 2 is 2.00 bits per heavy atom. The van der Waals surface area contributed by atoms with Crippen LogP contribution in [0.5, 0.6) is 0 Å². The van der Waals surface area contributed by atoms with Gasteiger partial charge in [0.15, 0.2) is 0 Å². The minimum atomic E-state index is 0.0101. The summed E-state index contributed by atoms with van der Waals surface area (Å²) < 4.78 is 0. The Morgan fingerprint density at radius 3 is 2.71 bits per heavy atom. The van der Waals surface area contributed by atoms with E-state index in [1.165, 1.54) is 0 Å². The maximum atomic E-state index is 11.3. The van der Waals surface area contributed by atoms with Crippen LogP contribution < -0.4 is 10.2 Å². The molecule has 1 amide bonds. The van der Waals surface area contributed by atoms with E-state index < -0.39 is 0 Å². The van der Waals surface area contributed by atoms with Crippen molar-refractivity contribution in [1.82, 2.24) is 0 Å². The number of amides is 1. The van der Waals surface area contributed by atoms with Crippen molar-refractivity contribution in [3.8, 4) is 0 Å². The normalized spacial score (nSPS) is 15.1. The maximum absolute atomic E-state index is 11.3. The number of rotatable bonds is 0. The Bertz CT molecular complexity index is 406. The van der Waals surface area contributed by atoms with E-state index in [2.05, 4.69) is 5.32 Å². The summed E-state index contributed by atoms with van der Waals surface area (Å²) in [5.74, 6) is 0.0101. The number of fused-ring (bicyclic) bond motifs is 1. The minimum absolute atomic E-state index is 0.0101. The number of nitrogens with zero attached hydrogens (tertiary/aromatic N) is 1. The lowest BCUT2D eigenvalue weighted by Gasteiger charge is -2.27. The van der Waals surface area contributed by atoms with Crippen LogP contribution in [0.2, 0.25) is 10.0 Å². The van der Waals surface area contributed by atoms with Crippen molar-refractivity contribution in [2.75, 3.05) is 23.8 Å². The molecule has 1 heterocycles. The minimum Gasteiger partial charge on any atom is -0.374 e. The molecule has 1 aromatic rings. The van der Waals surface area contributed by atoms with Gasteiger partial charge in [-0.25, -0.2) is 0 Å². The zero-order valence-electron chi connectivity index (χ0n) is 7.47. The number of carbonyl (C=O) groups excluding carboxylic acids is 1. The monoisotopic (exact) mass is 230 g/mol. The van der Waals surface area contributed by atoms with E-state index in [-0.39, 0.29) is 5.91 Å². The molecule has 0 aliphatic carbocycles. The highest BCUT2D eigenvalue weighted by Crippen LogP contribution is 2.36. The summed E-state index contributed by atoms with van der Waals surface area (Å²) in [7, 11) is 1.71. The van der Waals surface area contributed by atoms with Crippen LogP contribution in [0.1, 0.15) is 0 Å². The Kier molecular flexibility index (Phi) is 2.29. The molecule has 0 spiro atoms. The third-order valence-corrected chi connectivity index (χ3v) is 2.93. The lowest BCUT2D eigenvalue weighted by Crippen LogP contribution is -2.36. The molecular formula is C9H8Cl2N2O. The van der Waals surface area contributed by atoms with Crippen molar-refractivity contribution < 1.29 is 4.79 Å². The Morgan fingerprint density at radius 1 is 1.36 bits per heavy atom. The van der Waals surface area contributed by atoms with Crippen LogP contribution >= 0.6 is 23.2 Å². The van der Waals surface area contributed by atoms with E-state index in [4.69, 9.17) is 23.2 Å². The molecule has 14 heavy (non-hydrogen) atoms. The van der Waals surface area contributed by atoms with Gasteiger partial charge in [-0.05, 0) is 12.1 Å². The zero-order valence-corrected chi connectivity index (χ0v) is 8.99. The second-order valence-electron chi connectivity index (χ2n) is 3.09. The summed E-state index contributed by atoms with van der Waals surface area (Å²) in [5.41, 5.74) is 1.59. The number of benzene rings is 1. The summed E-state index contributed by atoms with van der Waals surface area (Å²) in [6, 6.07) is 3.41. The molecular weight excluding hydrogens is 223 g/mol. The van der Waals surface area contributed by atoms with Gasteiger partial charge in [-0.3, -0.25) is 4.79 Å². The molecule has 0 saturated heterocycles. The first-order valence-electron chi connectivity index (χ1n) is 4.09. The Hall–Kier alpha value is -0.930. The van der Waals surface area contributed by atoms with Gasteiger partial charge in [-0.2, -0.15) is 0 Å². The topological polar surface area (TPSA) is 32.3 Å². The van der Waals surface area contributed by atoms with Gasteiger partial charge < -0.3 is 10.2 Å². The van der Waals surface area contributed by atoms with Gasteiger partial charge >= 0.3 is 0 Å². The van der Waals surface area contributed by atoms with E-state index in [0.29, 0.717) is 16.6 Å². The highest BCUT2D eigenvalue weighted by Gasteiger charge is 2.21. The first-order valence-corrected chi connectivity index (χ1v) is 4.84. The Balaban J connectivity index is 2.55. The van der Waals surface area contributed by atoms with Crippen molar-refractivity contribution in [3.05, 3.63) is 22.2 Å². The van der Waals surface area contributed by atoms with Gasteiger partial charge in [0.05, 0.1) is 28.0 Å². The third kappa shape index (κ3) is 1.42. The maximum Gasteiger partial charge on any atom is 0.246 e. The van der Waals surface area contributed by atoms with Gasteiger partial charge in [0, 0.05) is 7.05 Å². The molecule has 74 valence electrons. The lowest BCUT2D eigenvalue weighted by atomic mass is 10.2. The van der Waals surface area contributed by atoms with E-state index in [0.717, 1.165) is 11.4 Å². The van der Waals surface area contributed by atoms with Gasteiger partial charge in [0.25, 0.3) is 0 Å². The standard InChI is InChI=1S/C9H8Cl2N2O/c1-13-8-3-6(11)5(10)2-7(8)12-4-9(13)14/h2-3,12H,4H2,1H3. The second-order valence-corrected chi connectivity index (χ2v) is 3.90. The average Bonchev–Trinajstić information content (AvgIpc) is 2.15. The fourth-order valence-electron chi connectivity index (χ4n) is 1.38. The SMILES string of the molecule is CN1C(=O)CNc2cc(Cl)c(Cl)cc21. The van der Waals surface area contributed by atoms with Crippen molar-refractivity contribution in [1.29, 1.82) is 0 Å². The van der Waals surface area contributed by atoms with Crippen molar-refractivity contribution in [2.45, 2.75) is 0 Å². The van der Waals surface area contributed by atoms with Crippen LogP contribution in [0, 0.1) is 0 Å². The highest BCUT2D eigenvalue weighted by molar-refractivity contribution is 6.42. The number of likely N-dealkylation sites (N-methyl/N-ethyl adjacent to an activating group) is 1. The van der Waals surface area contributed by atoms with Crippen LogP contribution in [0.3, 0.4) is 0 Å². The second kappa shape index (κ2) is 3.33. The van der Waals surface area contributed by atoms with Gasteiger partial charge in [-0.15, -0.1) is 0 Å². The lowest BCUT2D eigenvalue weighted by molar-refractivity contribution is -0.116. The van der Waals surface area contributed by atoms with Crippen molar-refractivity contribution in [2.24, 2.45) is 0 Å². The molecule has 0 aromatic heterocycles. The van der Waals surface area contributed by atoms with E-state index in [1.54, 1.807) is 24.1 Å². The molecule has 1 aromatic carbocycles. The average molecular weight is 231 g/mol. The molecule has 1 aliphatic rings. The molecule has 2 rings (SSSR count). The number of halogens is 2. The summed E-state index contributed by atoms with van der Waals surface area (Å²) in [4.78, 5) is 12.9. The summed E-state index contributed by atoms with van der Waals surface area (Å²) in [6.07, 6.45) is 0. The molecule has 0 bridgehead atoms. The number of carbonyl (C=O) groups is 1. The van der Waals surface area contributed by atoms with Crippen LogP contribution in [-0.4, -0.2) is 19.5 Å². The Labute approximate surface area is 91.6 Å². The van der Waals surface area contributed by atoms with Crippen LogP contribution in [0.25, 0.3) is 0 Å². The number of hydrogen-bond donors (Lipinski definition) is 1. The molecule has 3 nitrogen and oxygen atoms in total. The molecule has 0 saturated carbocycles. The van der Waals surface area contributed by atoms with Gasteiger partial charge in [0.1, 0.15) is 0 Å². The predicted molar refractivity (Wildman–Crippen MR) is 58.4 cm³/mol. The smallest absolute Gasteiger partial charge is 0.246 e. The highest BCUT2D eigenvalue weighted by atomic mass is 35.5. The van der Waals surface area contributed by atoms with Gasteiger partial charge in [-0.1, -0.05) is 23.2 Å². The summed E-state index contributed by atoms with van der Waals surface area (Å²) in [6.45, 7) is 0.293. The molecule has 0 radical (unpaired) electrons. The predicted octanol–water partition coefficient (Wildman–Crippen LogP) is 2.38. The molecule has 0 fully saturated rings. The zero-order chi connectivity index (χ0) is 10.3.